The zero-order valence-electron chi connectivity index (χ0n) is 14.6. The molecule has 8 heteroatoms. The van der Waals surface area contributed by atoms with Gasteiger partial charge >= 0.3 is 17.2 Å². The normalized spacial score (nSPS) is 11.0. The molecule has 0 fully saturated rings. The number of rotatable bonds is 7. The van der Waals surface area contributed by atoms with E-state index in [0.29, 0.717) is 17.1 Å². The molecule has 0 bridgehead atoms. The average molecular weight is 384 g/mol. The van der Waals surface area contributed by atoms with Crippen LogP contribution in [0, 0.1) is 0 Å². The quantitative estimate of drug-likeness (QED) is 0.342. The van der Waals surface area contributed by atoms with E-state index in [2.05, 4.69) is 9.36 Å². The molecule has 0 aliphatic heterocycles. The van der Waals surface area contributed by atoms with E-state index in [9.17, 15) is 4.79 Å². The molecule has 0 unspecified atom stereocenters. The van der Waals surface area contributed by atoms with Crippen molar-refractivity contribution in [2.45, 2.75) is 0 Å². The molecule has 0 spiro atoms. The van der Waals surface area contributed by atoms with Gasteiger partial charge in [-0.1, -0.05) is 36.4 Å². The minimum atomic E-state index is -0.543. The monoisotopic (exact) mass is 384 g/mol. The second-order valence-corrected chi connectivity index (χ2v) is 5.83. The highest BCUT2D eigenvalue weighted by atomic mass is 32.1. The van der Waals surface area contributed by atoms with E-state index < -0.39 is 5.97 Å². The summed E-state index contributed by atoms with van der Waals surface area (Å²) in [5, 5.41) is 0.273. The van der Waals surface area contributed by atoms with E-state index in [1.807, 2.05) is 18.2 Å². The molecule has 1 aromatic heterocycles. The second kappa shape index (κ2) is 8.81. The van der Waals surface area contributed by atoms with Gasteiger partial charge in [-0.25, -0.2) is 4.79 Å². The average Bonchev–Trinajstić information content (AvgIpc) is 3.14. The van der Waals surface area contributed by atoms with Gasteiger partial charge in [-0.15, -0.1) is 9.36 Å². The summed E-state index contributed by atoms with van der Waals surface area (Å²) in [7, 11) is 2.75. The third-order valence-corrected chi connectivity index (χ3v) is 3.93. The number of hydrogen-bond donors (Lipinski definition) is 0. The summed E-state index contributed by atoms with van der Waals surface area (Å²) in [6, 6.07) is 16.4. The van der Waals surface area contributed by atoms with Crippen LogP contribution >= 0.6 is 11.5 Å². The van der Waals surface area contributed by atoms with Gasteiger partial charge < -0.3 is 18.9 Å². The van der Waals surface area contributed by atoms with E-state index in [1.165, 1.54) is 20.5 Å². The van der Waals surface area contributed by atoms with Crippen LogP contribution in [0.3, 0.4) is 0 Å². The predicted octanol–water partition coefficient (Wildman–Crippen LogP) is 4.28. The van der Waals surface area contributed by atoms with E-state index in [-0.39, 0.29) is 16.8 Å². The van der Waals surface area contributed by atoms with Crippen LogP contribution in [0.2, 0.25) is 0 Å². The van der Waals surface area contributed by atoms with Crippen molar-refractivity contribution in [1.29, 1.82) is 0 Å². The van der Waals surface area contributed by atoms with Crippen LogP contribution in [0.5, 0.6) is 22.7 Å². The maximum absolute atomic E-state index is 12.0. The topological polar surface area (TPSA) is 79.8 Å². The van der Waals surface area contributed by atoms with Gasteiger partial charge in [-0.2, -0.15) is 0 Å². The van der Waals surface area contributed by atoms with Crippen molar-refractivity contribution in [3.8, 4) is 22.7 Å². The van der Waals surface area contributed by atoms with Crippen LogP contribution in [0.15, 0.2) is 60.9 Å². The molecule has 3 aromatic rings. The van der Waals surface area contributed by atoms with Gasteiger partial charge in [0.05, 0.1) is 20.5 Å². The number of benzene rings is 2. The molecule has 0 aliphatic rings. The zero-order chi connectivity index (χ0) is 19.1. The number of hydrogen-bond acceptors (Lipinski definition) is 8. The maximum atomic E-state index is 12.0. The molecule has 0 amide bonds. The summed E-state index contributed by atoms with van der Waals surface area (Å²) in [6.45, 7) is 0. The first-order valence-electron chi connectivity index (χ1n) is 7.86. The van der Waals surface area contributed by atoms with Gasteiger partial charge in [0.15, 0.2) is 0 Å². The lowest BCUT2D eigenvalue weighted by molar-refractivity contribution is -0.133. The molecule has 0 atom stereocenters. The number of carbonyl (C=O) groups excluding carboxylic acids is 1. The first-order valence-corrected chi connectivity index (χ1v) is 8.63. The Kier molecular flexibility index (Phi) is 6.01. The Morgan fingerprint density at radius 1 is 1.00 bits per heavy atom. The highest BCUT2D eigenvalue weighted by Gasteiger charge is 2.19. The van der Waals surface area contributed by atoms with Crippen LogP contribution in [-0.4, -0.2) is 29.5 Å². The minimum absolute atomic E-state index is 0.180. The molecular formula is C19H16N2O5S. The fourth-order valence-electron chi connectivity index (χ4n) is 2.20. The van der Waals surface area contributed by atoms with Crippen molar-refractivity contribution in [1.82, 2.24) is 9.36 Å². The smallest absolute Gasteiger partial charge is 0.341 e. The lowest BCUT2D eigenvalue weighted by Crippen LogP contribution is -2.05. The molecule has 0 saturated carbocycles. The Bertz CT molecular complexity index is 940. The van der Waals surface area contributed by atoms with Crippen LogP contribution in [0.25, 0.3) is 5.57 Å². The Labute approximate surface area is 160 Å². The first kappa shape index (κ1) is 18.4. The number of aromatic nitrogens is 2. The van der Waals surface area contributed by atoms with Crippen LogP contribution < -0.4 is 9.47 Å². The Morgan fingerprint density at radius 2 is 1.74 bits per heavy atom. The molecule has 27 heavy (non-hydrogen) atoms. The number of ether oxygens (including phenoxy) is 4. The van der Waals surface area contributed by atoms with Crippen molar-refractivity contribution in [3.05, 3.63) is 66.4 Å². The molecule has 1 heterocycles. The molecule has 0 aliphatic carbocycles. The van der Waals surface area contributed by atoms with Gasteiger partial charge in [-0.3, -0.25) is 0 Å². The second-order valence-electron chi connectivity index (χ2n) is 5.12. The number of para-hydroxylation sites is 2. The lowest BCUT2D eigenvalue weighted by Gasteiger charge is -2.10. The molecule has 3 rings (SSSR count). The summed E-state index contributed by atoms with van der Waals surface area (Å²) in [4.78, 5) is 16.3. The third kappa shape index (κ3) is 4.62. The molecule has 7 nitrogen and oxygen atoms in total. The van der Waals surface area contributed by atoms with Crippen molar-refractivity contribution >= 4 is 23.1 Å². The van der Waals surface area contributed by atoms with Crippen molar-refractivity contribution in [3.63, 3.8) is 0 Å². The minimum Gasteiger partial charge on any atom is -0.503 e. The molecule has 0 saturated heterocycles. The van der Waals surface area contributed by atoms with Crippen LogP contribution in [0.1, 0.15) is 5.56 Å². The summed E-state index contributed by atoms with van der Waals surface area (Å²) >= 11 is 1.04. The van der Waals surface area contributed by atoms with E-state index in [4.69, 9.17) is 18.9 Å². The van der Waals surface area contributed by atoms with E-state index in [1.54, 1.807) is 36.4 Å². The van der Waals surface area contributed by atoms with E-state index in [0.717, 1.165) is 11.5 Å². The van der Waals surface area contributed by atoms with E-state index >= 15 is 0 Å². The first-order chi connectivity index (χ1) is 13.2. The number of esters is 1. The predicted molar refractivity (Wildman–Crippen MR) is 99.9 cm³/mol. The Balaban J connectivity index is 1.83. The third-order valence-electron chi connectivity index (χ3n) is 3.36. The van der Waals surface area contributed by atoms with Crippen LogP contribution in [0.4, 0.5) is 0 Å². The number of nitrogens with zero attached hydrogens (tertiary/aromatic N) is 2. The lowest BCUT2D eigenvalue weighted by atomic mass is 10.1. The molecular weight excluding hydrogens is 368 g/mol. The standard InChI is InChI=1S/C19H16N2O5S/c1-23-12-15(17(22)24-2)14-10-6-7-11-16(14)26-19-20-18(21-27-19)25-13-8-4-3-5-9-13/h3-12H,1-2H3/b15-12-. The van der Waals surface area contributed by atoms with Gasteiger partial charge in [0.25, 0.3) is 0 Å². The van der Waals surface area contributed by atoms with Crippen molar-refractivity contribution < 1.29 is 23.7 Å². The summed E-state index contributed by atoms with van der Waals surface area (Å²) in [5.41, 5.74) is 0.729. The highest BCUT2D eigenvalue weighted by Crippen LogP contribution is 2.33. The van der Waals surface area contributed by atoms with Gasteiger partial charge in [-0.05, 0) is 18.2 Å². The molecule has 0 radical (unpaired) electrons. The summed E-state index contributed by atoms with van der Waals surface area (Å²) in [5.74, 6) is 0.491. The van der Waals surface area contributed by atoms with Crippen LogP contribution in [-0.2, 0) is 14.3 Å². The van der Waals surface area contributed by atoms with Gasteiger partial charge in [0, 0.05) is 17.1 Å². The maximum Gasteiger partial charge on any atom is 0.341 e. The Morgan fingerprint density at radius 3 is 2.48 bits per heavy atom. The number of methoxy groups -OCH3 is 2. The fourth-order valence-corrected chi connectivity index (χ4v) is 2.68. The molecule has 2 aromatic carbocycles. The fraction of sp³-hybridized carbons (Fsp3) is 0.105. The summed E-state index contributed by atoms with van der Waals surface area (Å²) in [6.07, 6.45) is 1.30. The highest BCUT2D eigenvalue weighted by molar-refractivity contribution is 7.07. The van der Waals surface area contributed by atoms with Gasteiger partial charge in [0.1, 0.15) is 17.1 Å². The van der Waals surface area contributed by atoms with Crippen molar-refractivity contribution in [2.75, 3.05) is 14.2 Å². The SMILES string of the molecule is CO/C=C(\C(=O)OC)c1ccccc1Oc1nc(Oc2ccccc2)ns1. The largest absolute Gasteiger partial charge is 0.503 e. The molecule has 0 N–H and O–H groups in total. The summed E-state index contributed by atoms with van der Waals surface area (Å²) < 4.78 is 25.3. The van der Waals surface area contributed by atoms with Crippen molar-refractivity contribution in [2.24, 2.45) is 0 Å². The molecule has 138 valence electrons. The Hall–Kier alpha value is -3.39. The van der Waals surface area contributed by atoms with Gasteiger partial charge in [0.2, 0.25) is 0 Å². The number of carbonyl (C=O) groups is 1. The zero-order valence-corrected chi connectivity index (χ0v) is 15.4.